The molecule has 0 aliphatic carbocycles. The topological polar surface area (TPSA) is 203 Å². The number of aromatic nitrogens is 3. The number of benzene rings is 2. The number of halogens is 3. The molecule has 1 aliphatic heterocycles. The molecule has 1 atom stereocenters. The zero-order chi connectivity index (χ0) is 48.1. The van der Waals surface area contributed by atoms with Gasteiger partial charge in [0.2, 0.25) is 15.0 Å². The maximum absolute atomic E-state index is 17.7. The van der Waals surface area contributed by atoms with Crippen molar-refractivity contribution in [3.63, 3.8) is 0 Å². The van der Waals surface area contributed by atoms with E-state index in [-0.39, 0.29) is 79.1 Å². The van der Waals surface area contributed by atoms with Gasteiger partial charge >= 0.3 is 18.3 Å². The van der Waals surface area contributed by atoms with Crippen LogP contribution in [0.25, 0.3) is 32.1 Å². The molecule has 1 aliphatic rings. The first-order chi connectivity index (χ1) is 30.2. The monoisotopic (exact) mass is 953 g/mol. The third-order valence-electron chi connectivity index (χ3n) is 9.22. The summed E-state index contributed by atoms with van der Waals surface area (Å²) >= 11 is 7.84. The zero-order valence-corrected chi connectivity index (χ0v) is 39.6. The van der Waals surface area contributed by atoms with Crippen LogP contribution in [0.2, 0.25) is 5.02 Å². The Morgan fingerprint density at radius 3 is 2.23 bits per heavy atom. The average Bonchev–Trinajstić information content (AvgIpc) is 3.42. The molecule has 5 aromatic rings. The molecule has 1 unspecified atom stereocenters. The lowest BCUT2D eigenvalue weighted by Gasteiger charge is -2.34. The second-order valence-electron chi connectivity index (χ2n) is 17.8. The number of anilines is 3. The lowest BCUT2D eigenvalue weighted by molar-refractivity contribution is 0.0427. The van der Waals surface area contributed by atoms with Gasteiger partial charge in [0.1, 0.15) is 51.6 Å². The van der Waals surface area contributed by atoms with Crippen LogP contribution < -0.4 is 19.9 Å². The summed E-state index contributed by atoms with van der Waals surface area (Å²) in [7, 11) is -4.30. The molecule has 2 aromatic carbocycles. The Hall–Kier alpha value is -6.17. The van der Waals surface area contributed by atoms with Gasteiger partial charge in [0.05, 0.1) is 33.3 Å². The van der Waals surface area contributed by atoms with Crippen molar-refractivity contribution in [2.24, 2.45) is 0 Å². The fraction of sp³-hybridized carbons (Fsp3) is 0.386. The maximum atomic E-state index is 17.7. The molecule has 0 saturated carbocycles. The smallest absolute Gasteiger partial charge is 0.425 e. The highest BCUT2D eigenvalue weighted by molar-refractivity contribution is 7.90. The van der Waals surface area contributed by atoms with Crippen molar-refractivity contribution in [1.82, 2.24) is 15.0 Å². The highest BCUT2D eigenvalue weighted by atomic mass is 35.5. The molecule has 0 radical (unpaired) electrons. The van der Waals surface area contributed by atoms with Crippen LogP contribution in [0, 0.1) is 23.0 Å². The van der Waals surface area contributed by atoms with Crippen LogP contribution in [0.5, 0.6) is 5.75 Å². The Bertz CT molecular complexity index is 2910. The fourth-order valence-corrected chi connectivity index (χ4v) is 8.82. The minimum atomic E-state index is -4.30. The molecule has 344 valence electrons. The van der Waals surface area contributed by atoms with Crippen LogP contribution in [0.3, 0.4) is 0 Å². The first kappa shape index (κ1) is 48.3. The first-order valence-electron chi connectivity index (χ1n) is 19.9. The van der Waals surface area contributed by atoms with E-state index in [0.29, 0.717) is 16.2 Å². The van der Waals surface area contributed by atoms with Crippen molar-refractivity contribution in [2.45, 2.75) is 96.7 Å². The average molecular weight is 954 g/mol. The molecule has 1 N–H and O–H groups in total. The van der Waals surface area contributed by atoms with Gasteiger partial charge in [0.15, 0.2) is 17.4 Å². The van der Waals surface area contributed by atoms with Crippen molar-refractivity contribution < 1.29 is 50.5 Å². The molecule has 65 heavy (non-hydrogen) atoms. The molecular formula is C44H46ClF2N7O9S2. The third-order valence-corrected chi connectivity index (χ3v) is 11.5. The van der Waals surface area contributed by atoms with E-state index in [1.165, 1.54) is 18.3 Å². The second kappa shape index (κ2) is 17.7. The Morgan fingerprint density at radius 2 is 1.66 bits per heavy atom. The number of hydrogen-bond acceptors (Lipinski definition) is 15. The van der Waals surface area contributed by atoms with Crippen LogP contribution in [-0.2, 0) is 24.0 Å². The largest absolute Gasteiger partial charge is 0.489 e. The van der Waals surface area contributed by atoms with Crippen molar-refractivity contribution in [2.75, 3.05) is 34.5 Å². The molecule has 0 bridgehead atoms. The van der Waals surface area contributed by atoms with E-state index in [9.17, 15) is 28.1 Å². The van der Waals surface area contributed by atoms with Gasteiger partial charge in [-0.05, 0) is 86.4 Å². The molecule has 4 heterocycles. The van der Waals surface area contributed by atoms with Gasteiger partial charge in [-0.1, -0.05) is 29.8 Å². The predicted molar refractivity (Wildman–Crippen MR) is 243 cm³/mol. The van der Waals surface area contributed by atoms with E-state index in [2.05, 4.69) is 26.8 Å². The number of ether oxygens (including phenoxy) is 4. The molecule has 21 heteroatoms. The van der Waals surface area contributed by atoms with E-state index in [1.807, 2.05) is 6.07 Å². The molecule has 3 amide bonds. The van der Waals surface area contributed by atoms with Gasteiger partial charge in [-0.3, -0.25) is 5.32 Å². The maximum Gasteiger partial charge on any atom is 0.425 e. The Morgan fingerprint density at radius 1 is 1.03 bits per heavy atom. The van der Waals surface area contributed by atoms with Crippen LogP contribution in [0.1, 0.15) is 85.9 Å². The lowest BCUT2D eigenvalue weighted by atomic mass is 9.96. The molecule has 16 nitrogen and oxygen atoms in total. The van der Waals surface area contributed by atoms with Crippen molar-refractivity contribution in [3.05, 3.63) is 70.9 Å². The number of carbonyl (C=O) groups is 3. The summed E-state index contributed by atoms with van der Waals surface area (Å²) in [4.78, 5) is 55.9. The van der Waals surface area contributed by atoms with Crippen LogP contribution in [-0.4, -0.2) is 77.9 Å². The number of amides is 3. The van der Waals surface area contributed by atoms with Crippen molar-refractivity contribution in [3.8, 4) is 22.9 Å². The van der Waals surface area contributed by atoms with Crippen LogP contribution in [0.4, 0.5) is 39.8 Å². The Labute approximate surface area is 383 Å². The fourth-order valence-electron chi connectivity index (χ4n) is 6.91. The zero-order valence-electron chi connectivity index (χ0n) is 37.2. The van der Waals surface area contributed by atoms with E-state index in [1.54, 1.807) is 79.3 Å². The number of carbonyl (C=O) groups excluding carboxylic acids is 3. The van der Waals surface area contributed by atoms with Crippen LogP contribution in [0.15, 0.2) is 48.3 Å². The molecule has 3 aromatic heterocycles. The number of nitrogens with one attached hydrogen (secondary N) is 1. The Balaban J connectivity index is 1.63. The quantitative estimate of drug-likeness (QED) is 0.0873. The number of imide groups is 1. The molecule has 6 rings (SSSR count). The number of nitrogens with zero attached hydrogens (tertiary/aromatic N) is 6. The number of nitriles is 1. The first-order valence-corrected chi connectivity index (χ1v) is 23.0. The standard InChI is InChI=1S/C44H46ClF2N7O9S2/c1-12-14-26(22-15-13-18-49-35(22)54(40(56)62-43(5,6)7)41(57)63-44(8,9)10)53-19-20-60-33-29-32(50-38(51-36(29)53)65(11,58)59)31(47)28(30(33)45)23-16-17-25(46)34-27(23)24(21-48)37(64-34)52-39(55)61-42(2,3)4/h12-13,15-18,26H,1,14,19-20H2,2-11H3,(H,52,55). The van der Waals surface area contributed by atoms with Crippen molar-refractivity contribution >= 4 is 88.7 Å². The molecule has 0 fully saturated rings. The number of rotatable bonds is 8. The van der Waals surface area contributed by atoms with Gasteiger partial charge in [-0.2, -0.15) is 10.2 Å². The summed E-state index contributed by atoms with van der Waals surface area (Å²) in [6, 6.07) is 6.35. The predicted octanol–water partition coefficient (Wildman–Crippen LogP) is 10.7. The van der Waals surface area contributed by atoms with Crippen LogP contribution >= 0.6 is 22.9 Å². The highest BCUT2D eigenvalue weighted by Crippen LogP contribution is 2.52. The summed E-state index contributed by atoms with van der Waals surface area (Å²) in [6.45, 7) is 18.2. The van der Waals surface area contributed by atoms with E-state index >= 15 is 8.78 Å². The van der Waals surface area contributed by atoms with E-state index in [4.69, 9.17) is 30.5 Å². The van der Waals surface area contributed by atoms with Gasteiger partial charge in [0, 0.05) is 29.0 Å². The minimum absolute atomic E-state index is 0.0425. The number of thiophene rings is 1. The van der Waals surface area contributed by atoms with E-state index < -0.39 is 78.8 Å². The normalized spacial score (nSPS) is 13.6. The summed E-state index contributed by atoms with van der Waals surface area (Å²) in [5.74, 6) is -2.53. The number of fused-ring (bicyclic) bond motifs is 1. The number of hydrogen-bond donors (Lipinski definition) is 1. The summed E-state index contributed by atoms with van der Waals surface area (Å²) in [5.41, 5.74) is -4.14. The SMILES string of the molecule is C=CCC(c1cccnc1N(C(=O)OC(C)(C)C)C(=O)OC(C)(C)C)N1CCOc2c(Cl)c(-c3ccc(F)c4sc(NC(=O)OC(C)(C)C)c(C#N)c34)c(F)c3nc(S(C)(=O)=O)nc1c23. The summed E-state index contributed by atoms with van der Waals surface area (Å²) < 4.78 is 82.7. The van der Waals surface area contributed by atoms with Gasteiger partial charge in [-0.25, -0.2) is 46.5 Å². The molecule has 0 spiro atoms. The van der Waals surface area contributed by atoms with Gasteiger partial charge in [-0.15, -0.1) is 17.9 Å². The van der Waals surface area contributed by atoms with Crippen molar-refractivity contribution in [1.29, 1.82) is 5.26 Å². The molecular weight excluding hydrogens is 908 g/mol. The number of pyridine rings is 1. The Kier molecular flexibility index (Phi) is 13.1. The van der Waals surface area contributed by atoms with E-state index in [0.717, 1.165) is 12.3 Å². The highest BCUT2D eigenvalue weighted by Gasteiger charge is 2.40. The second-order valence-corrected chi connectivity index (χ2v) is 21.1. The minimum Gasteiger partial charge on any atom is -0.489 e. The summed E-state index contributed by atoms with van der Waals surface area (Å²) in [5, 5.41) is 11.4. The van der Waals surface area contributed by atoms with Gasteiger partial charge in [0.25, 0.3) is 0 Å². The molecule has 0 saturated heterocycles. The third kappa shape index (κ3) is 10.1. The number of sulfone groups is 1. The van der Waals surface area contributed by atoms with Gasteiger partial charge < -0.3 is 23.8 Å². The summed E-state index contributed by atoms with van der Waals surface area (Å²) in [6.07, 6.45) is 0.623. The lowest BCUT2D eigenvalue weighted by Crippen LogP contribution is -2.45.